The SMILES string of the molecule is O=C(c1csc(-c2ccc3c(c2)CCO3)n1)N(Cc1ccccc1)Cc1ccccc1. The van der Waals surface area contributed by atoms with E-state index in [9.17, 15) is 4.79 Å². The van der Waals surface area contributed by atoms with Crippen LogP contribution in [0.2, 0.25) is 0 Å². The van der Waals surface area contributed by atoms with Crippen LogP contribution in [0.5, 0.6) is 5.75 Å². The Kier molecular flexibility index (Phi) is 5.50. The highest BCUT2D eigenvalue weighted by Crippen LogP contribution is 2.32. The molecule has 4 aromatic rings. The lowest BCUT2D eigenvalue weighted by Gasteiger charge is -2.22. The van der Waals surface area contributed by atoms with Crippen LogP contribution in [0, 0.1) is 0 Å². The van der Waals surface area contributed by atoms with E-state index in [1.165, 1.54) is 16.9 Å². The Hall–Kier alpha value is -3.44. The fourth-order valence-corrected chi connectivity index (χ4v) is 4.58. The van der Waals surface area contributed by atoms with Gasteiger partial charge in [0.25, 0.3) is 5.91 Å². The van der Waals surface area contributed by atoms with Gasteiger partial charge in [0.05, 0.1) is 6.61 Å². The number of ether oxygens (including phenoxy) is 1. The van der Waals surface area contributed by atoms with Crippen LogP contribution in [0.3, 0.4) is 0 Å². The van der Waals surface area contributed by atoms with Gasteiger partial charge < -0.3 is 9.64 Å². The molecule has 5 heteroatoms. The first kappa shape index (κ1) is 19.5. The van der Waals surface area contributed by atoms with E-state index in [1.54, 1.807) is 0 Å². The van der Waals surface area contributed by atoms with Gasteiger partial charge in [-0.05, 0) is 34.9 Å². The van der Waals surface area contributed by atoms with E-state index in [4.69, 9.17) is 9.72 Å². The van der Waals surface area contributed by atoms with Crippen LogP contribution in [-0.4, -0.2) is 22.4 Å². The topological polar surface area (TPSA) is 42.4 Å². The van der Waals surface area contributed by atoms with Crippen molar-refractivity contribution in [3.8, 4) is 16.3 Å². The minimum Gasteiger partial charge on any atom is -0.493 e. The van der Waals surface area contributed by atoms with Gasteiger partial charge in [-0.2, -0.15) is 0 Å². The summed E-state index contributed by atoms with van der Waals surface area (Å²) in [7, 11) is 0. The van der Waals surface area contributed by atoms with Gasteiger partial charge in [-0.1, -0.05) is 60.7 Å². The van der Waals surface area contributed by atoms with E-state index < -0.39 is 0 Å². The largest absolute Gasteiger partial charge is 0.493 e. The minimum atomic E-state index is -0.0558. The molecule has 4 nitrogen and oxygen atoms in total. The highest BCUT2D eigenvalue weighted by atomic mass is 32.1. The third-order valence-corrected chi connectivity index (χ3v) is 6.27. The number of aromatic nitrogens is 1. The van der Waals surface area contributed by atoms with Crippen molar-refractivity contribution in [1.82, 2.24) is 9.88 Å². The maximum Gasteiger partial charge on any atom is 0.273 e. The number of benzene rings is 3. The Balaban J connectivity index is 1.41. The molecule has 0 bridgehead atoms. The van der Waals surface area contributed by atoms with Gasteiger partial charge >= 0.3 is 0 Å². The Labute approximate surface area is 185 Å². The van der Waals surface area contributed by atoms with Gasteiger partial charge in [0.1, 0.15) is 16.5 Å². The maximum atomic E-state index is 13.4. The van der Waals surface area contributed by atoms with Crippen LogP contribution in [0.25, 0.3) is 10.6 Å². The zero-order valence-corrected chi connectivity index (χ0v) is 17.8. The summed E-state index contributed by atoms with van der Waals surface area (Å²) in [6.07, 6.45) is 0.919. The molecule has 154 valence electrons. The zero-order chi connectivity index (χ0) is 21.0. The standard InChI is InChI=1S/C26H22N2O2S/c29-26(23-18-31-25(27-23)22-11-12-24-21(15-22)13-14-30-24)28(16-19-7-3-1-4-8-19)17-20-9-5-2-6-10-20/h1-12,15,18H,13-14,16-17H2. The lowest BCUT2D eigenvalue weighted by Crippen LogP contribution is -2.30. The summed E-state index contributed by atoms with van der Waals surface area (Å²) in [6.45, 7) is 1.81. The Bertz CT molecular complexity index is 1150. The summed E-state index contributed by atoms with van der Waals surface area (Å²) in [5.74, 6) is 0.896. The second-order valence-corrected chi connectivity index (χ2v) is 8.45. The highest BCUT2D eigenvalue weighted by Gasteiger charge is 2.21. The fraction of sp³-hybridized carbons (Fsp3) is 0.154. The van der Waals surface area contributed by atoms with Gasteiger partial charge in [0.15, 0.2) is 0 Å². The second-order valence-electron chi connectivity index (χ2n) is 7.59. The first-order chi connectivity index (χ1) is 15.3. The van der Waals surface area contributed by atoms with E-state index in [0.717, 1.165) is 40.5 Å². The third kappa shape index (κ3) is 4.37. The Morgan fingerprint density at radius 3 is 2.29 bits per heavy atom. The van der Waals surface area contributed by atoms with Crippen molar-refractivity contribution in [2.75, 3.05) is 6.61 Å². The van der Waals surface area contributed by atoms with E-state index in [1.807, 2.05) is 83.1 Å². The van der Waals surface area contributed by atoms with E-state index in [0.29, 0.717) is 18.8 Å². The lowest BCUT2D eigenvalue weighted by molar-refractivity contribution is 0.0725. The van der Waals surface area contributed by atoms with Crippen LogP contribution in [0.15, 0.2) is 84.2 Å². The number of rotatable bonds is 6. The van der Waals surface area contributed by atoms with Gasteiger partial charge in [-0.25, -0.2) is 4.98 Å². The van der Waals surface area contributed by atoms with Gasteiger partial charge in [0, 0.05) is 30.5 Å². The lowest BCUT2D eigenvalue weighted by atomic mass is 10.1. The number of nitrogens with zero attached hydrogens (tertiary/aromatic N) is 2. The highest BCUT2D eigenvalue weighted by molar-refractivity contribution is 7.13. The molecule has 2 heterocycles. The van der Waals surface area contributed by atoms with Gasteiger partial charge in [-0.3, -0.25) is 4.79 Å². The number of carbonyl (C=O) groups excluding carboxylic acids is 1. The van der Waals surface area contributed by atoms with E-state index in [2.05, 4.69) is 6.07 Å². The monoisotopic (exact) mass is 426 g/mol. The van der Waals surface area contributed by atoms with Crippen LogP contribution in [0.4, 0.5) is 0 Å². The average Bonchev–Trinajstić information content (AvgIpc) is 3.49. The van der Waals surface area contributed by atoms with Crippen molar-refractivity contribution in [1.29, 1.82) is 0 Å². The average molecular weight is 427 g/mol. The number of carbonyl (C=O) groups is 1. The van der Waals surface area contributed by atoms with Crippen molar-refractivity contribution in [2.45, 2.75) is 19.5 Å². The van der Waals surface area contributed by atoms with Crippen LogP contribution in [0.1, 0.15) is 27.2 Å². The maximum absolute atomic E-state index is 13.4. The predicted octanol–water partition coefficient (Wildman–Crippen LogP) is 5.59. The minimum absolute atomic E-state index is 0.0558. The van der Waals surface area contributed by atoms with Crippen molar-refractivity contribution in [3.05, 3.63) is 107 Å². The summed E-state index contributed by atoms with van der Waals surface area (Å²) < 4.78 is 5.60. The van der Waals surface area contributed by atoms with Crippen molar-refractivity contribution in [2.24, 2.45) is 0 Å². The molecule has 5 rings (SSSR count). The Morgan fingerprint density at radius 1 is 0.935 bits per heavy atom. The molecule has 0 saturated carbocycles. The normalized spacial score (nSPS) is 12.3. The third-order valence-electron chi connectivity index (χ3n) is 5.38. The summed E-state index contributed by atoms with van der Waals surface area (Å²) in [5, 5.41) is 2.72. The molecule has 0 spiro atoms. The van der Waals surface area contributed by atoms with Gasteiger partial charge in [0.2, 0.25) is 0 Å². The van der Waals surface area contributed by atoms with Crippen molar-refractivity contribution in [3.63, 3.8) is 0 Å². The van der Waals surface area contributed by atoms with E-state index in [-0.39, 0.29) is 5.91 Å². The smallest absolute Gasteiger partial charge is 0.273 e. The van der Waals surface area contributed by atoms with Crippen molar-refractivity contribution < 1.29 is 9.53 Å². The summed E-state index contributed by atoms with van der Waals surface area (Å²) >= 11 is 1.51. The van der Waals surface area contributed by atoms with Crippen molar-refractivity contribution >= 4 is 17.2 Å². The molecule has 0 atom stereocenters. The molecule has 31 heavy (non-hydrogen) atoms. The molecule has 0 aliphatic carbocycles. The van der Waals surface area contributed by atoms with Crippen LogP contribution in [-0.2, 0) is 19.5 Å². The van der Waals surface area contributed by atoms with Crippen LogP contribution < -0.4 is 4.74 Å². The molecular formula is C26H22N2O2S. The molecule has 0 radical (unpaired) electrons. The summed E-state index contributed by atoms with van der Waals surface area (Å²) in [4.78, 5) is 20.0. The van der Waals surface area contributed by atoms with E-state index >= 15 is 0 Å². The molecule has 1 aliphatic rings. The number of thiazole rings is 1. The van der Waals surface area contributed by atoms with Gasteiger partial charge in [-0.15, -0.1) is 11.3 Å². The first-order valence-electron chi connectivity index (χ1n) is 10.3. The predicted molar refractivity (Wildman–Crippen MR) is 123 cm³/mol. The molecule has 3 aromatic carbocycles. The number of hydrogen-bond acceptors (Lipinski definition) is 4. The Morgan fingerprint density at radius 2 is 1.61 bits per heavy atom. The number of amides is 1. The molecule has 1 aliphatic heterocycles. The number of hydrogen-bond donors (Lipinski definition) is 0. The molecule has 0 N–H and O–H groups in total. The van der Waals surface area contributed by atoms with Crippen LogP contribution >= 0.6 is 11.3 Å². The molecule has 0 saturated heterocycles. The quantitative estimate of drug-likeness (QED) is 0.404. The summed E-state index contributed by atoms with van der Waals surface area (Å²) in [5.41, 5.74) is 4.92. The summed E-state index contributed by atoms with van der Waals surface area (Å²) in [6, 6.07) is 26.3. The number of fused-ring (bicyclic) bond motifs is 1. The fourth-order valence-electron chi connectivity index (χ4n) is 3.79. The zero-order valence-electron chi connectivity index (χ0n) is 17.0. The molecule has 1 aromatic heterocycles. The molecule has 0 unspecified atom stereocenters. The second kappa shape index (κ2) is 8.74. The molecular weight excluding hydrogens is 404 g/mol. The molecule has 0 fully saturated rings. The first-order valence-corrected chi connectivity index (χ1v) is 11.2. The molecule has 1 amide bonds.